The molecular weight excluding hydrogens is 1600 g/mol. The molecule has 5 N–H and O–H groups in total. The Bertz CT molecular complexity index is 5750. The van der Waals surface area contributed by atoms with Crippen molar-refractivity contribution >= 4 is 115 Å². The van der Waals surface area contributed by atoms with Crippen LogP contribution in [-0.2, 0) is 33.4 Å². The fraction of sp³-hybridized carbons (Fsp3) is 0.587. The first-order valence-electron chi connectivity index (χ1n) is 45.1. The Balaban J connectivity index is 0.000000115. The van der Waals surface area contributed by atoms with Crippen LogP contribution in [0.3, 0.4) is 0 Å². The molecule has 10 saturated carbocycles. The van der Waals surface area contributed by atoms with E-state index in [1.165, 1.54) is 25.7 Å². The number of carbonyl (C=O) groups is 5. The molecular formula is C92H112F3N23O7. The molecule has 0 bridgehead atoms. The van der Waals surface area contributed by atoms with E-state index in [0.29, 0.717) is 188 Å². The van der Waals surface area contributed by atoms with E-state index in [1.807, 2.05) is 57.9 Å². The largest absolute Gasteiger partial charge is 0.378 e. The third-order valence-corrected chi connectivity index (χ3v) is 26.7. The number of halogens is 3. The fourth-order valence-corrected chi connectivity index (χ4v) is 18.1. The Hall–Kier alpha value is -11.4. The van der Waals surface area contributed by atoms with Crippen LogP contribution >= 0.6 is 0 Å². The molecule has 0 radical (unpaired) electrons. The van der Waals surface area contributed by atoms with E-state index in [-0.39, 0.29) is 65.4 Å². The molecule has 658 valence electrons. The number of aryl methyl sites for hydroxylation is 2. The number of alkyl halides is 3. The van der Waals surface area contributed by atoms with Crippen molar-refractivity contribution in [2.45, 2.75) is 312 Å². The first-order valence-corrected chi connectivity index (χ1v) is 45.1. The monoisotopic (exact) mass is 1710 g/mol. The maximum atomic E-state index is 14.0. The average molecular weight is 1710 g/mol. The van der Waals surface area contributed by atoms with Crippen molar-refractivity contribution in [1.29, 1.82) is 15.8 Å². The normalized spacial score (nSPS) is 23.0. The summed E-state index contributed by atoms with van der Waals surface area (Å²) in [7, 11) is 0. The molecule has 10 aliphatic carbocycles. The third kappa shape index (κ3) is 20.8. The zero-order chi connectivity index (χ0) is 87.3. The van der Waals surface area contributed by atoms with Crippen LogP contribution < -0.4 is 26.6 Å². The molecule has 0 aromatic carbocycles. The second-order valence-electron chi connectivity index (χ2n) is 36.9. The predicted octanol–water partition coefficient (Wildman–Crippen LogP) is 18.0. The highest BCUT2D eigenvalue weighted by Gasteiger charge is 2.43. The lowest BCUT2D eigenvalue weighted by molar-refractivity contribution is -0.120. The van der Waals surface area contributed by atoms with Crippen LogP contribution in [0.15, 0.2) is 60.7 Å². The summed E-state index contributed by atoms with van der Waals surface area (Å²) in [6, 6.07) is 25.8. The van der Waals surface area contributed by atoms with E-state index in [4.69, 9.17) is 25.3 Å². The number of nitriles is 3. The molecule has 30 nitrogen and oxygen atoms in total. The standard InChI is InChI=1S/C20H24FN5O.C18H20FN5O.C18H23FN4O.C18H21N5O2.C18H24N4O2/c1-20(21)9-7-13(8-10-20)11-17(27)25-19-24-16-6-5-14(12-22)23-18(16)26(19)15-3-2-4-15;1-18(19)8-11(9-18)7-15(25)23-17-22-14-6-5-12(10-20)21-16(14)24(17)13-3-2-4-13;1-11-6-7-14-16(20-11)23(13-4-3-5-13)17(21-14)22-15(24)8-12-9-18(2,19)10-12;19-11-12-7-8-15-17(20-12)23(13-3-1-4-13)18(21-15)22-16(24)9-10-25-14-5-2-6-14;1-12-8-9-15-17(19-12)22(13-4-2-5-13)18(20-15)21-16(23)10-11-24-14-6-3-7-14/h5-6,13,15H,2-4,7-11H2,1H3,(H,24,25,27);5-6,11,13H,2-4,7-9H2,1H3,(H,22,23,25);6-7,12-13H,3-5,8-10H2,1-2H3,(H,21,22,24);7-8,13-14H,1-6,9-10H2,(H,21,22,24);8-9,13-14H,2-7,10-11H2,1H3,(H,20,21,23). The summed E-state index contributed by atoms with van der Waals surface area (Å²) in [5.74, 6) is 2.73. The van der Waals surface area contributed by atoms with Crippen LogP contribution in [0.25, 0.3) is 55.8 Å². The van der Waals surface area contributed by atoms with Gasteiger partial charge in [0, 0.05) is 60.9 Å². The smallest absolute Gasteiger partial charge is 0.229 e. The number of nitrogens with one attached hydrogen (secondary N) is 5. The summed E-state index contributed by atoms with van der Waals surface area (Å²) < 4.78 is 62.5. The van der Waals surface area contributed by atoms with Gasteiger partial charge in [-0.3, -0.25) is 73.4 Å². The van der Waals surface area contributed by atoms with Gasteiger partial charge in [-0.25, -0.2) is 63.0 Å². The van der Waals surface area contributed by atoms with Gasteiger partial charge in [0.15, 0.2) is 28.2 Å². The van der Waals surface area contributed by atoms with Crippen molar-refractivity contribution in [3.8, 4) is 18.2 Å². The maximum absolute atomic E-state index is 14.0. The highest BCUT2D eigenvalue weighted by atomic mass is 19.2. The van der Waals surface area contributed by atoms with Gasteiger partial charge in [-0.15, -0.1) is 0 Å². The van der Waals surface area contributed by atoms with Crippen molar-refractivity contribution in [3.05, 3.63) is 89.1 Å². The molecule has 10 aromatic rings. The lowest BCUT2D eigenvalue weighted by Crippen LogP contribution is -2.38. The Morgan fingerprint density at radius 2 is 0.608 bits per heavy atom. The van der Waals surface area contributed by atoms with Crippen LogP contribution in [-0.4, -0.2) is 145 Å². The van der Waals surface area contributed by atoms with Crippen molar-refractivity contribution in [3.63, 3.8) is 0 Å². The topological polar surface area (TPSA) is 389 Å². The highest BCUT2D eigenvalue weighted by Crippen LogP contribution is 2.47. The Morgan fingerprint density at radius 1 is 0.352 bits per heavy atom. The minimum atomic E-state index is -1.12. The SMILES string of the molecule is CC1(F)CC(CC(=O)Nc2nc3ccc(C#N)nc3n2C2CCC2)C1.CC1(F)CCC(CC(=O)Nc2nc3ccc(C#N)nc3n2C2CCC2)CC1.Cc1ccc2nc(NC(=O)CC3CC(C)(F)C3)n(C3CCC3)c2n1.Cc1ccc2nc(NC(=O)CCOC3CCC3)n(C3CCC3)c2n1.N#Cc1ccc2nc(NC(=O)CCOC3CCC3)n(C3CCC3)c2n1. The van der Waals surface area contributed by atoms with E-state index in [0.717, 1.165) is 156 Å². The van der Waals surface area contributed by atoms with Crippen molar-refractivity contribution in [2.24, 2.45) is 17.8 Å². The average Bonchev–Trinajstić information content (AvgIpc) is 1.69. The van der Waals surface area contributed by atoms with Crippen molar-refractivity contribution in [2.75, 3.05) is 39.8 Å². The maximum Gasteiger partial charge on any atom is 0.229 e. The molecule has 0 aliphatic heterocycles. The van der Waals surface area contributed by atoms with Gasteiger partial charge in [0.05, 0.1) is 38.3 Å². The number of hydrogen-bond acceptors (Lipinski definition) is 20. The summed E-state index contributed by atoms with van der Waals surface area (Å²) in [5, 5.41) is 42.0. The van der Waals surface area contributed by atoms with E-state index >= 15 is 0 Å². The molecule has 33 heteroatoms. The van der Waals surface area contributed by atoms with Crippen LogP contribution in [0.1, 0.15) is 298 Å². The van der Waals surface area contributed by atoms with Crippen molar-refractivity contribution in [1.82, 2.24) is 72.7 Å². The number of amides is 5. The predicted molar refractivity (Wildman–Crippen MR) is 465 cm³/mol. The van der Waals surface area contributed by atoms with Gasteiger partial charge in [-0.2, -0.15) is 15.8 Å². The Morgan fingerprint density at radius 3 is 0.856 bits per heavy atom. The first-order chi connectivity index (χ1) is 60.3. The molecule has 20 rings (SSSR count). The molecule has 10 aliphatic rings. The van der Waals surface area contributed by atoms with Crippen LogP contribution in [0, 0.1) is 65.6 Å². The van der Waals surface area contributed by atoms with Crippen LogP contribution in [0.4, 0.5) is 42.9 Å². The second-order valence-corrected chi connectivity index (χ2v) is 36.9. The summed E-state index contributed by atoms with van der Waals surface area (Å²) in [6.45, 7) is 9.69. The van der Waals surface area contributed by atoms with Gasteiger partial charge in [-0.1, -0.05) is 0 Å². The Kier molecular flexibility index (Phi) is 26.4. The molecule has 5 amide bonds. The van der Waals surface area contributed by atoms with Crippen LogP contribution in [0.2, 0.25) is 0 Å². The molecule has 0 atom stereocenters. The van der Waals surface area contributed by atoms with Gasteiger partial charge < -0.3 is 9.47 Å². The number of anilines is 5. The number of imidazole rings is 5. The zero-order valence-electron chi connectivity index (χ0n) is 72.0. The number of nitrogens with zero attached hydrogens (tertiary/aromatic N) is 18. The minimum absolute atomic E-state index is 0.0399. The molecule has 10 aromatic heterocycles. The lowest BCUT2D eigenvalue weighted by Gasteiger charge is -2.38. The number of carbonyl (C=O) groups excluding carboxylic acids is 5. The fourth-order valence-electron chi connectivity index (χ4n) is 18.1. The summed E-state index contributed by atoms with van der Waals surface area (Å²) in [5.41, 5.74) is 7.03. The van der Waals surface area contributed by atoms with Gasteiger partial charge in [-0.05, 0) is 299 Å². The first kappa shape index (κ1) is 87.1. The molecule has 0 spiro atoms. The van der Waals surface area contributed by atoms with E-state index in [2.05, 4.69) is 97.7 Å². The number of aromatic nitrogens is 15. The van der Waals surface area contributed by atoms with Gasteiger partial charge in [0.2, 0.25) is 59.3 Å². The minimum Gasteiger partial charge on any atom is -0.378 e. The Labute approximate surface area is 723 Å². The van der Waals surface area contributed by atoms with E-state index < -0.39 is 17.0 Å². The lowest BCUT2D eigenvalue weighted by atomic mass is 9.72. The summed E-state index contributed by atoms with van der Waals surface area (Å²) in [6.07, 6.45) is 30.1. The summed E-state index contributed by atoms with van der Waals surface area (Å²) >= 11 is 0. The number of fused-ring (bicyclic) bond motifs is 5. The number of rotatable bonds is 24. The van der Waals surface area contributed by atoms with Gasteiger partial charge in [0.1, 0.15) is 79.9 Å². The third-order valence-electron chi connectivity index (χ3n) is 26.7. The van der Waals surface area contributed by atoms with Crippen molar-refractivity contribution < 1.29 is 46.6 Å². The van der Waals surface area contributed by atoms with E-state index in [9.17, 15) is 37.1 Å². The number of ether oxygens (including phenoxy) is 2. The number of pyridine rings is 5. The molecule has 125 heavy (non-hydrogen) atoms. The summed E-state index contributed by atoms with van der Waals surface area (Å²) in [4.78, 5) is 107. The molecule has 0 saturated heterocycles. The quantitative estimate of drug-likeness (QED) is 0.0375. The van der Waals surface area contributed by atoms with Gasteiger partial charge >= 0.3 is 0 Å². The van der Waals surface area contributed by atoms with Crippen LogP contribution in [0.5, 0.6) is 0 Å². The van der Waals surface area contributed by atoms with E-state index in [1.54, 1.807) is 57.2 Å². The number of hydrogen-bond donors (Lipinski definition) is 5. The highest BCUT2D eigenvalue weighted by molar-refractivity contribution is 5.95. The van der Waals surface area contributed by atoms with Gasteiger partial charge in [0.25, 0.3) is 0 Å². The molecule has 0 unspecified atom stereocenters. The zero-order valence-corrected chi connectivity index (χ0v) is 72.0. The molecule has 10 fully saturated rings. The molecule has 10 heterocycles. The second kappa shape index (κ2) is 37.8.